The van der Waals surface area contributed by atoms with E-state index in [2.05, 4.69) is 11.9 Å². The predicted molar refractivity (Wildman–Crippen MR) is 96.0 cm³/mol. The van der Waals surface area contributed by atoms with Gasteiger partial charge in [0, 0.05) is 13.0 Å². The molecule has 0 spiro atoms. The van der Waals surface area contributed by atoms with Gasteiger partial charge in [-0.05, 0) is 31.8 Å². The normalized spacial score (nSPS) is 10.4. The second kappa shape index (κ2) is 18.3. The summed E-state index contributed by atoms with van der Waals surface area (Å²) in [5.41, 5.74) is 5.05. The predicted octanol–water partition coefficient (Wildman–Crippen LogP) is 3.75. The summed E-state index contributed by atoms with van der Waals surface area (Å²) in [6.07, 6.45) is 10.2. The van der Waals surface area contributed by atoms with Crippen molar-refractivity contribution in [2.75, 3.05) is 6.54 Å². The maximum atomic E-state index is 11.5. The van der Waals surface area contributed by atoms with Crippen LogP contribution in [0.3, 0.4) is 0 Å². The Balaban J connectivity index is 0. The van der Waals surface area contributed by atoms with Crippen LogP contribution in [-0.2, 0) is 9.59 Å². The van der Waals surface area contributed by atoms with Crippen molar-refractivity contribution in [3.63, 3.8) is 0 Å². The van der Waals surface area contributed by atoms with E-state index >= 15 is 0 Å². The summed E-state index contributed by atoms with van der Waals surface area (Å²) in [5.74, 6) is -0.292. The number of hydrogen-bond acceptors (Lipinski definition) is 3. The lowest BCUT2D eigenvalue weighted by Gasteiger charge is -2.05. The molecule has 0 heterocycles. The molecule has 23 heavy (non-hydrogen) atoms. The SMILES string of the molecule is C=CCC/C=C(/O)CC(=O)NCCCCCCCC(N)=O.CC. The molecule has 0 aliphatic carbocycles. The molecule has 5 heteroatoms. The number of primary amides is 1. The van der Waals surface area contributed by atoms with Crippen LogP contribution < -0.4 is 11.1 Å². The molecule has 0 saturated heterocycles. The molecule has 0 bridgehead atoms. The molecule has 0 saturated carbocycles. The highest BCUT2D eigenvalue weighted by molar-refractivity contribution is 5.77. The molecule has 0 aliphatic rings. The molecular formula is C18H34N2O3. The van der Waals surface area contributed by atoms with Crippen LogP contribution in [0.15, 0.2) is 24.5 Å². The third-order valence-corrected chi connectivity index (χ3v) is 3.01. The van der Waals surface area contributed by atoms with Gasteiger partial charge in [0.15, 0.2) is 0 Å². The minimum Gasteiger partial charge on any atom is -0.512 e. The third kappa shape index (κ3) is 20.2. The fourth-order valence-corrected chi connectivity index (χ4v) is 1.85. The Labute approximate surface area is 141 Å². The standard InChI is InChI=1S/C16H28N2O3.C2H6/c1-2-3-7-10-14(19)13-16(21)18-12-9-6-4-5-8-11-15(17)20;1-2/h2,10,19H,1,3-9,11-13H2,(H2,17,20)(H,18,21);1-2H3/b14-10+;. The minimum absolute atomic E-state index is 0.0375. The number of allylic oxidation sites excluding steroid dienone is 2. The summed E-state index contributed by atoms with van der Waals surface area (Å²) in [7, 11) is 0. The fourth-order valence-electron chi connectivity index (χ4n) is 1.85. The van der Waals surface area contributed by atoms with Crippen LogP contribution in [0.25, 0.3) is 0 Å². The van der Waals surface area contributed by atoms with Gasteiger partial charge in [-0.2, -0.15) is 0 Å². The van der Waals surface area contributed by atoms with E-state index in [1.165, 1.54) is 0 Å². The topological polar surface area (TPSA) is 92.4 Å². The van der Waals surface area contributed by atoms with Crippen LogP contribution in [0.4, 0.5) is 0 Å². The number of nitrogens with one attached hydrogen (secondary N) is 1. The van der Waals surface area contributed by atoms with Crippen molar-refractivity contribution in [3.8, 4) is 0 Å². The number of carbonyl (C=O) groups is 2. The molecule has 0 unspecified atom stereocenters. The lowest BCUT2D eigenvalue weighted by molar-refractivity contribution is -0.121. The van der Waals surface area contributed by atoms with Gasteiger partial charge in [0.25, 0.3) is 0 Å². The molecule has 0 aromatic carbocycles. The number of rotatable bonds is 13. The lowest BCUT2D eigenvalue weighted by atomic mass is 10.1. The zero-order chi connectivity index (χ0) is 17.9. The largest absolute Gasteiger partial charge is 0.512 e. The van der Waals surface area contributed by atoms with Crippen molar-refractivity contribution in [2.24, 2.45) is 5.73 Å². The van der Waals surface area contributed by atoms with Crippen molar-refractivity contribution in [1.29, 1.82) is 0 Å². The maximum Gasteiger partial charge on any atom is 0.227 e. The Morgan fingerprint density at radius 1 is 1.09 bits per heavy atom. The lowest BCUT2D eigenvalue weighted by Crippen LogP contribution is -2.24. The first kappa shape index (κ1) is 23.5. The quantitative estimate of drug-likeness (QED) is 0.273. The highest BCUT2D eigenvalue weighted by Crippen LogP contribution is 2.05. The highest BCUT2D eigenvalue weighted by Gasteiger charge is 2.03. The first-order chi connectivity index (χ1) is 11.1. The van der Waals surface area contributed by atoms with Gasteiger partial charge in [-0.25, -0.2) is 0 Å². The number of unbranched alkanes of at least 4 members (excludes halogenated alkanes) is 5. The summed E-state index contributed by atoms with van der Waals surface area (Å²) in [4.78, 5) is 22.0. The van der Waals surface area contributed by atoms with E-state index in [4.69, 9.17) is 5.73 Å². The molecular weight excluding hydrogens is 292 g/mol. The van der Waals surface area contributed by atoms with Crippen LogP contribution >= 0.6 is 0 Å². The molecule has 0 aromatic heterocycles. The summed E-state index contributed by atoms with van der Waals surface area (Å²) in [6, 6.07) is 0. The van der Waals surface area contributed by atoms with Gasteiger partial charge in [-0.3, -0.25) is 9.59 Å². The van der Waals surface area contributed by atoms with Crippen molar-refractivity contribution >= 4 is 11.8 Å². The fraction of sp³-hybridized carbons (Fsp3) is 0.667. The van der Waals surface area contributed by atoms with Gasteiger partial charge in [-0.15, -0.1) is 6.58 Å². The molecule has 134 valence electrons. The van der Waals surface area contributed by atoms with Gasteiger partial charge >= 0.3 is 0 Å². The number of aliphatic hydroxyl groups is 1. The molecule has 0 aromatic rings. The van der Waals surface area contributed by atoms with Crippen molar-refractivity contribution < 1.29 is 14.7 Å². The molecule has 0 aliphatic heterocycles. The molecule has 0 radical (unpaired) electrons. The Morgan fingerprint density at radius 3 is 2.30 bits per heavy atom. The Kier molecular flexibility index (Phi) is 18.7. The molecule has 5 nitrogen and oxygen atoms in total. The van der Waals surface area contributed by atoms with E-state index < -0.39 is 0 Å². The molecule has 0 fully saturated rings. The van der Waals surface area contributed by atoms with E-state index in [-0.39, 0.29) is 24.0 Å². The van der Waals surface area contributed by atoms with Crippen LogP contribution in [0.1, 0.15) is 71.6 Å². The summed E-state index contributed by atoms with van der Waals surface area (Å²) in [6.45, 7) is 8.21. The van der Waals surface area contributed by atoms with E-state index in [0.29, 0.717) is 19.4 Å². The van der Waals surface area contributed by atoms with Crippen molar-refractivity contribution in [1.82, 2.24) is 5.32 Å². The van der Waals surface area contributed by atoms with Gasteiger partial charge in [0.1, 0.15) is 0 Å². The smallest absolute Gasteiger partial charge is 0.227 e. The van der Waals surface area contributed by atoms with Gasteiger partial charge in [0.2, 0.25) is 11.8 Å². The molecule has 4 N–H and O–H groups in total. The number of aliphatic hydroxyl groups excluding tert-OH is 1. The highest BCUT2D eigenvalue weighted by atomic mass is 16.3. The average Bonchev–Trinajstić information content (AvgIpc) is 2.51. The molecule has 0 atom stereocenters. The van der Waals surface area contributed by atoms with Gasteiger partial charge in [-0.1, -0.05) is 39.2 Å². The van der Waals surface area contributed by atoms with E-state index in [9.17, 15) is 14.7 Å². The van der Waals surface area contributed by atoms with E-state index in [0.717, 1.165) is 38.5 Å². The number of amides is 2. The van der Waals surface area contributed by atoms with E-state index in [1.54, 1.807) is 12.2 Å². The second-order valence-electron chi connectivity index (χ2n) is 5.07. The summed E-state index contributed by atoms with van der Waals surface area (Å²) in [5, 5.41) is 12.3. The van der Waals surface area contributed by atoms with Crippen LogP contribution in [0, 0.1) is 0 Å². The van der Waals surface area contributed by atoms with Gasteiger partial charge < -0.3 is 16.2 Å². The Morgan fingerprint density at radius 2 is 1.70 bits per heavy atom. The second-order valence-corrected chi connectivity index (χ2v) is 5.07. The van der Waals surface area contributed by atoms with Crippen molar-refractivity contribution in [2.45, 2.75) is 71.6 Å². The monoisotopic (exact) mass is 326 g/mol. The van der Waals surface area contributed by atoms with E-state index in [1.807, 2.05) is 13.8 Å². The van der Waals surface area contributed by atoms with Crippen LogP contribution in [0.2, 0.25) is 0 Å². The Hall–Kier alpha value is -1.78. The van der Waals surface area contributed by atoms with Gasteiger partial charge in [0.05, 0.1) is 12.2 Å². The maximum absolute atomic E-state index is 11.5. The summed E-state index contributed by atoms with van der Waals surface area (Å²) >= 11 is 0. The minimum atomic E-state index is -0.247. The third-order valence-electron chi connectivity index (χ3n) is 3.01. The molecule has 0 rings (SSSR count). The van der Waals surface area contributed by atoms with Crippen molar-refractivity contribution in [3.05, 3.63) is 24.5 Å². The first-order valence-electron chi connectivity index (χ1n) is 8.60. The van der Waals surface area contributed by atoms with Crippen LogP contribution in [-0.4, -0.2) is 23.5 Å². The number of hydrogen-bond donors (Lipinski definition) is 3. The zero-order valence-corrected chi connectivity index (χ0v) is 14.8. The van der Waals surface area contributed by atoms with Crippen LogP contribution in [0.5, 0.6) is 0 Å². The number of carbonyl (C=O) groups excluding carboxylic acids is 2. The number of nitrogens with two attached hydrogens (primary N) is 1. The summed E-state index contributed by atoms with van der Waals surface area (Å²) < 4.78 is 0. The Bertz CT molecular complexity index is 352. The zero-order valence-electron chi connectivity index (χ0n) is 14.8. The average molecular weight is 326 g/mol. The molecule has 2 amide bonds. The first-order valence-corrected chi connectivity index (χ1v) is 8.60.